The highest BCUT2D eigenvalue weighted by molar-refractivity contribution is 9.08. The van der Waals surface area contributed by atoms with Crippen molar-refractivity contribution in [2.75, 3.05) is 6.61 Å². The number of ether oxygens (including phenoxy) is 1. The summed E-state index contributed by atoms with van der Waals surface area (Å²) in [5.41, 5.74) is 3.70. The Morgan fingerprint density at radius 2 is 1.70 bits per heavy atom. The zero-order chi connectivity index (χ0) is 22.3. The Morgan fingerprint density at radius 1 is 1.10 bits per heavy atom. The fourth-order valence-electron chi connectivity index (χ4n) is 3.07. The van der Waals surface area contributed by atoms with Crippen LogP contribution < -0.4 is 0 Å². The van der Waals surface area contributed by atoms with Crippen molar-refractivity contribution in [2.24, 2.45) is 0 Å². The zero-order valence-corrected chi connectivity index (χ0v) is 20.2. The molecular formula is C25H28BrClO3. The molecule has 0 radical (unpaired) electrons. The summed E-state index contributed by atoms with van der Waals surface area (Å²) < 4.78 is 5.19. The topological polar surface area (TPSA) is 46.5 Å². The third-order valence-electron chi connectivity index (χ3n) is 4.15. The number of esters is 1. The maximum atomic E-state index is 12.2. The summed E-state index contributed by atoms with van der Waals surface area (Å²) in [6.07, 6.45) is 0.248. The third kappa shape index (κ3) is 7.12. The van der Waals surface area contributed by atoms with Gasteiger partial charge in [-0.1, -0.05) is 63.9 Å². The highest BCUT2D eigenvalue weighted by Gasteiger charge is 2.18. The van der Waals surface area contributed by atoms with Gasteiger partial charge in [0.1, 0.15) is 0 Å². The SMILES string of the molecule is CC(C)(C)O.CCOC(=O)Cc1c(CBr)cc2ccccc2c1-c1ccc(Cl)cc1. The number of hydrogen-bond donors (Lipinski definition) is 1. The minimum atomic E-state index is -0.500. The molecule has 1 N–H and O–H groups in total. The lowest BCUT2D eigenvalue weighted by atomic mass is 9.88. The molecule has 0 aliphatic rings. The van der Waals surface area contributed by atoms with Crippen molar-refractivity contribution in [3.63, 3.8) is 0 Å². The zero-order valence-electron chi connectivity index (χ0n) is 17.8. The number of halogens is 2. The fraction of sp³-hybridized carbons (Fsp3) is 0.320. The normalized spacial score (nSPS) is 11.0. The van der Waals surface area contributed by atoms with Gasteiger partial charge in [0, 0.05) is 10.4 Å². The predicted octanol–water partition coefficient (Wildman–Crippen LogP) is 6.94. The van der Waals surface area contributed by atoms with Gasteiger partial charge in [0.15, 0.2) is 0 Å². The van der Waals surface area contributed by atoms with Crippen molar-refractivity contribution < 1.29 is 14.6 Å². The van der Waals surface area contributed by atoms with Crippen LogP contribution in [0.3, 0.4) is 0 Å². The molecule has 0 fully saturated rings. The molecule has 3 aromatic carbocycles. The Balaban J connectivity index is 0.000000575. The van der Waals surface area contributed by atoms with Crippen LogP contribution in [0, 0.1) is 0 Å². The van der Waals surface area contributed by atoms with Crippen molar-refractivity contribution in [3.05, 3.63) is 70.7 Å². The second kappa shape index (κ2) is 10.9. The molecule has 0 aliphatic heterocycles. The molecule has 160 valence electrons. The van der Waals surface area contributed by atoms with Gasteiger partial charge in [0.2, 0.25) is 0 Å². The van der Waals surface area contributed by atoms with E-state index < -0.39 is 5.60 Å². The lowest BCUT2D eigenvalue weighted by molar-refractivity contribution is -0.142. The molecule has 0 saturated carbocycles. The molecule has 0 amide bonds. The van der Waals surface area contributed by atoms with Crippen LogP contribution in [0.15, 0.2) is 54.6 Å². The molecular weight excluding hydrogens is 464 g/mol. The number of benzene rings is 3. The number of hydrogen-bond acceptors (Lipinski definition) is 3. The molecule has 5 heteroatoms. The second-order valence-electron chi connectivity index (χ2n) is 7.90. The van der Waals surface area contributed by atoms with E-state index in [2.05, 4.69) is 34.1 Å². The summed E-state index contributed by atoms with van der Waals surface area (Å²) >= 11 is 9.63. The van der Waals surface area contributed by atoms with Gasteiger partial charge in [-0.25, -0.2) is 0 Å². The Morgan fingerprint density at radius 3 is 2.27 bits per heavy atom. The Hall–Kier alpha value is -1.88. The summed E-state index contributed by atoms with van der Waals surface area (Å²) in [6.45, 7) is 7.43. The maximum absolute atomic E-state index is 12.2. The number of alkyl halides is 1. The molecule has 0 heterocycles. The molecule has 3 nitrogen and oxygen atoms in total. The van der Waals surface area contributed by atoms with E-state index in [-0.39, 0.29) is 12.4 Å². The van der Waals surface area contributed by atoms with Gasteiger partial charge in [-0.2, -0.15) is 0 Å². The van der Waals surface area contributed by atoms with Crippen LogP contribution in [0.25, 0.3) is 21.9 Å². The average molecular weight is 492 g/mol. The van der Waals surface area contributed by atoms with E-state index in [1.807, 2.05) is 43.3 Å². The second-order valence-corrected chi connectivity index (χ2v) is 8.90. The maximum Gasteiger partial charge on any atom is 0.310 e. The van der Waals surface area contributed by atoms with E-state index in [0.29, 0.717) is 17.0 Å². The molecule has 0 spiro atoms. The third-order valence-corrected chi connectivity index (χ3v) is 5.01. The van der Waals surface area contributed by atoms with E-state index in [1.165, 1.54) is 0 Å². The van der Waals surface area contributed by atoms with Gasteiger partial charge in [-0.3, -0.25) is 4.79 Å². The van der Waals surface area contributed by atoms with E-state index in [0.717, 1.165) is 33.0 Å². The van der Waals surface area contributed by atoms with Crippen LogP contribution in [0.1, 0.15) is 38.8 Å². The first-order valence-electron chi connectivity index (χ1n) is 9.87. The molecule has 0 atom stereocenters. The van der Waals surface area contributed by atoms with E-state index in [1.54, 1.807) is 20.8 Å². The first-order chi connectivity index (χ1) is 14.1. The smallest absolute Gasteiger partial charge is 0.310 e. The molecule has 0 saturated heterocycles. The van der Waals surface area contributed by atoms with Crippen LogP contribution in [-0.4, -0.2) is 23.3 Å². The molecule has 30 heavy (non-hydrogen) atoms. The van der Waals surface area contributed by atoms with Crippen LogP contribution in [0.5, 0.6) is 0 Å². The lowest BCUT2D eigenvalue weighted by Crippen LogP contribution is -2.10. The molecule has 0 aliphatic carbocycles. The number of carbonyl (C=O) groups excluding carboxylic acids is 1. The molecule has 0 bridgehead atoms. The molecule has 0 unspecified atom stereocenters. The molecule has 0 aromatic heterocycles. The van der Waals surface area contributed by atoms with Crippen molar-refractivity contribution in [3.8, 4) is 11.1 Å². The fourth-order valence-corrected chi connectivity index (χ4v) is 3.70. The van der Waals surface area contributed by atoms with Crippen molar-refractivity contribution in [1.82, 2.24) is 0 Å². The van der Waals surface area contributed by atoms with E-state index >= 15 is 0 Å². The van der Waals surface area contributed by atoms with Crippen LogP contribution in [0.4, 0.5) is 0 Å². The highest BCUT2D eigenvalue weighted by Crippen LogP contribution is 2.36. The summed E-state index contributed by atoms with van der Waals surface area (Å²) in [4.78, 5) is 12.2. The van der Waals surface area contributed by atoms with Crippen molar-refractivity contribution >= 4 is 44.3 Å². The van der Waals surface area contributed by atoms with Crippen molar-refractivity contribution in [2.45, 2.75) is 45.0 Å². The number of rotatable bonds is 5. The number of aliphatic hydroxyl groups is 1. The van der Waals surface area contributed by atoms with Gasteiger partial charge in [-0.05, 0) is 78.9 Å². The summed E-state index contributed by atoms with van der Waals surface area (Å²) in [7, 11) is 0. The standard InChI is InChI=1S/C21H18BrClO2.C4H10O/c1-2-25-20(24)12-19-16(13-22)11-15-5-3-4-6-18(15)21(19)14-7-9-17(23)10-8-14;1-4(2,3)5/h3-11H,2,12-13H2,1H3;5H,1-3H3. The first-order valence-corrected chi connectivity index (χ1v) is 11.4. The monoisotopic (exact) mass is 490 g/mol. The van der Waals surface area contributed by atoms with Gasteiger partial charge in [0.05, 0.1) is 18.6 Å². The van der Waals surface area contributed by atoms with Gasteiger partial charge >= 0.3 is 5.97 Å². The Labute approximate surface area is 192 Å². The van der Waals surface area contributed by atoms with E-state index in [9.17, 15) is 4.79 Å². The Kier molecular flexibility index (Phi) is 8.90. The van der Waals surface area contributed by atoms with Gasteiger partial charge in [-0.15, -0.1) is 0 Å². The molecule has 3 rings (SSSR count). The summed E-state index contributed by atoms with van der Waals surface area (Å²) in [6, 6.07) is 18.1. The predicted molar refractivity (Wildman–Crippen MR) is 129 cm³/mol. The lowest BCUT2D eigenvalue weighted by Gasteiger charge is -2.17. The minimum Gasteiger partial charge on any atom is -0.466 e. The minimum absolute atomic E-state index is 0.213. The van der Waals surface area contributed by atoms with Crippen LogP contribution in [-0.2, 0) is 21.3 Å². The van der Waals surface area contributed by atoms with Gasteiger partial charge in [0.25, 0.3) is 0 Å². The van der Waals surface area contributed by atoms with Crippen molar-refractivity contribution in [1.29, 1.82) is 0 Å². The number of fused-ring (bicyclic) bond motifs is 1. The van der Waals surface area contributed by atoms with Crippen LogP contribution in [0.2, 0.25) is 5.02 Å². The average Bonchev–Trinajstić information content (AvgIpc) is 2.67. The summed E-state index contributed by atoms with van der Waals surface area (Å²) in [5, 5.41) is 12.2. The quantitative estimate of drug-likeness (QED) is 0.311. The largest absolute Gasteiger partial charge is 0.466 e. The Bertz CT molecular complexity index is 986. The van der Waals surface area contributed by atoms with E-state index in [4.69, 9.17) is 21.4 Å². The highest BCUT2D eigenvalue weighted by atomic mass is 79.9. The number of carbonyl (C=O) groups is 1. The molecule has 3 aromatic rings. The van der Waals surface area contributed by atoms with Gasteiger partial charge < -0.3 is 9.84 Å². The first kappa shape index (κ1) is 24.4. The van der Waals surface area contributed by atoms with Crippen LogP contribution >= 0.6 is 27.5 Å². The summed E-state index contributed by atoms with van der Waals surface area (Å²) in [5.74, 6) is -0.213.